The fraction of sp³-hybridized carbons (Fsp3) is 0.235. The van der Waals surface area contributed by atoms with Gasteiger partial charge in [0.25, 0.3) is 0 Å². The molecular formula is C17H18OS. The molecule has 2 rings (SSSR count). The minimum atomic E-state index is 0.189. The van der Waals surface area contributed by atoms with Crippen LogP contribution in [0.4, 0.5) is 0 Å². The lowest BCUT2D eigenvalue weighted by Gasteiger charge is -2.05. The van der Waals surface area contributed by atoms with E-state index in [2.05, 4.69) is 55.5 Å². The maximum atomic E-state index is 10.8. The Labute approximate surface area is 118 Å². The number of carbonyl (C=O) groups excluding carboxylic acids is 1. The quantitative estimate of drug-likeness (QED) is 0.740. The van der Waals surface area contributed by atoms with Crippen LogP contribution < -0.4 is 0 Å². The van der Waals surface area contributed by atoms with E-state index in [0.717, 1.165) is 12.2 Å². The van der Waals surface area contributed by atoms with Crippen LogP contribution in [0.1, 0.15) is 24.5 Å². The van der Waals surface area contributed by atoms with Crippen LogP contribution >= 0.6 is 11.8 Å². The number of allylic oxidation sites excluding steroid dienone is 1. The molecule has 2 aromatic carbocycles. The fourth-order valence-corrected chi connectivity index (χ4v) is 2.64. The van der Waals surface area contributed by atoms with E-state index in [1.165, 1.54) is 33.7 Å². The predicted octanol–water partition coefficient (Wildman–Crippen LogP) is 4.83. The lowest BCUT2D eigenvalue weighted by molar-refractivity contribution is -0.109. The molecule has 0 saturated heterocycles. The fourth-order valence-electron chi connectivity index (χ4n) is 2.10. The highest BCUT2D eigenvalue weighted by Gasteiger charge is 2.00. The lowest BCUT2D eigenvalue weighted by atomic mass is 10.00. The highest BCUT2D eigenvalue weighted by Crippen LogP contribution is 2.23. The molecular weight excluding hydrogens is 252 g/mol. The van der Waals surface area contributed by atoms with Gasteiger partial charge in [0.05, 0.1) is 0 Å². The van der Waals surface area contributed by atoms with Crippen molar-refractivity contribution in [3.8, 4) is 0 Å². The van der Waals surface area contributed by atoms with E-state index in [1.54, 1.807) is 6.92 Å². The normalized spacial score (nSPS) is 11.3. The second-order valence-corrected chi connectivity index (χ2v) is 5.82. The number of thioether (sulfide) groups is 1. The number of fused-ring (bicyclic) bond motifs is 1. The van der Waals surface area contributed by atoms with Crippen LogP contribution in [0.3, 0.4) is 0 Å². The summed E-state index contributed by atoms with van der Waals surface area (Å²) in [4.78, 5) is 10.8. The summed E-state index contributed by atoms with van der Waals surface area (Å²) in [5, 5.41) is 2.79. The zero-order valence-electron chi connectivity index (χ0n) is 11.3. The van der Waals surface area contributed by atoms with Crippen molar-refractivity contribution in [1.82, 2.24) is 0 Å². The van der Waals surface area contributed by atoms with Gasteiger partial charge in [-0.25, -0.2) is 0 Å². The molecule has 0 N–H and O–H groups in total. The summed E-state index contributed by atoms with van der Waals surface area (Å²) in [6, 6.07) is 12.8. The SMILES string of the molecule is CC(=O)SCCC=Cc1ccc(C)c2ccccc12. The average molecular weight is 270 g/mol. The number of rotatable bonds is 4. The molecule has 1 nitrogen and oxygen atoms in total. The molecule has 0 bridgehead atoms. The second-order valence-electron chi connectivity index (χ2n) is 4.55. The molecule has 0 aliphatic rings. The maximum Gasteiger partial charge on any atom is 0.185 e. The standard InChI is InChI=1S/C17H18OS/c1-13-10-11-15(7-5-6-12-19-14(2)18)17-9-4-3-8-16(13)17/h3-5,7-11H,6,12H2,1-2H3. The van der Waals surface area contributed by atoms with E-state index < -0.39 is 0 Å². The van der Waals surface area contributed by atoms with Gasteiger partial charge < -0.3 is 0 Å². The summed E-state index contributed by atoms with van der Waals surface area (Å²) in [6.45, 7) is 3.75. The summed E-state index contributed by atoms with van der Waals surface area (Å²) in [6.07, 6.45) is 5.22. The highest BCUT2D eigenvalue weighted by atomic mass is 32.2. The van der Waals surface area contributed by atoms with Crippen molar-refractivity contribution >= 4 is 33.7 Å². The molecule has 19 heavy (non-hydrogen) atoms. The summed E-state index contributed by atoms with van der Waals surface area (Å²) >= 11 is 1.38. The Kier molecular flexibility index (Phi) is 4.80. The number of hydrogen-bond acceptors (Lipinski definition) is 2. The van der Waals surface area contributed by atoms with Crippen molar-refractivity contribution in [3.05, 3.63) is 53.6 Å². The average Bonchev–Trinajstić information content (AvgIpc) is 2.41. The number of hydrogen-bond donors (Lipinski definition) is 0. The van der Waals surface area contributed by atoms with Crippen LogP contribution in [0.5, 0.6) is 0 Å². The molecule has 0 spiro atoms. The van der Waals surface area contributed by atoms with Crippen LogP contribution in [-0.4, -0.2) is 10.9 Å². The van der Waals surface area contributed by atoms with Crippen molar-refractivity contribution in [2.75, 3.05) is 5.75 Å². The molecule has 0 heterocycles. The van der Waals surface area contributed by atoms with Crippen LogP contribution in [0.2, 0.25) is 0 Å². The van der Waals surface area contributed by atoms with Gasteiger partial charge in [-0.2, -0.15) is 0 Å². The number of benzene rings is 2. The number of aryl methyl sites for hydroxylation is 1. The maximum absolute atomic E-state index is 10.8. The Morgan fingerprint density at radius 1 is 1.16 bits per heavy atom. The Bertz CT molecular complexity index is 614. The molecule has 0 unspecified atom stereocenters. The summed E-state index contributed by atoms with van der Waals surface area (Å²) in [7, 11) is 0. The van der Waals surface area contributed by atoms with Crippen molar-refractivity contribution in [2.24, 2.45) is 0 Å². The molecule has 2 aromatic rings. The molecule has 2 heteroatoms. The van der Waals surface area contributed by atoms with Crippen LogP contribution in [0.25, 0.3) is 16.8 Å². The number of carbonyl (C=O) groups is 1. The predicted molar refractivity (Wildman–Crippen MR) is 85.5 cm³/mol. The van der Waals surface area contributed by atoms with Gasteiger partial charge in [-0.1, -0.05) is 60.3 Å². The summed E-state index contributed by atoms with van der Waals surface area (Å²) in [5.41, 5.74) is 2.55. The molecule has 0 aliphatic heterocycles. The first-order valence-electron chi connectivity index (χ1n) is 6.47. The van der Waals surface area contributed by atoms with Crippen LogP contribution in [0.15, 0.2) is 42.5 Å². The van der Waals surface area contributed by atoms with Gasteiger partial charge >= 0.3 is 0 Å². The van der Waals surface area contributed by atoms with E-state index in [1.807, 2.05) is 0 Å². The third kappa shape index (κ3) is 3.71. The molecule has 98 valence electrons. The molecule has 0 aromatic heterocycles. The molecule has 0 fully saturated rings. The zero-order chi connectivity index (χ0) is 13.7. The van der Waals surface area contributed by atoms with E-state index >= 15 is 0 Å². The van der Waals surface area contributed by atoms with Gasteiger partial charge in [0.2, 0.25) is 0 Å². The first kappa shape index (κ1) is 13.9. The Morgan fingerprint density at radius 2 is 1.89 bits per heavy atom. The summed E-state index contributed by atoms with van der Waals surface area (Å²) < 4.78 is 0. The van der Waals surface area contributed by atoms with Gasteiger partial charge in [-0.15, -0.1) is 0 Å². The van der Waals surface area contributed by atoms with Crippen LogP contribution in [0, 0.1) is 6.92 Å². The van der Waals surface area contributed by atoms with Crippen molar-refractivity contribution in [3.63, 3.8) is 0 Å². The molecule has 0 amide bonds. The van der Waals surface area contributed by atoms with Gasteiger partial charge in [0, 0.05) is 12.7 Å². The van der Waals surface area contributed by atoms with Gasteiger partial charge in [0.15, 0.2) is 5.12 Å². The largest absolute Gasteiger partial charge is 0.288 e. The van der Waals surface area contributed by atoms with E-state index in [4.69, 9.17) is 0 Å². The topological polar surface area (TPSA) is 17.1 Å². The Hall–Kier alpha value is -1.54. The first-order chi connectivity index (χ1) is 9.18. The Balaban J connectivity index is 2.15. The molecule has 0 saturated carbocycles. The second kappa shape index (κ2) is 6.58. The molecule has 0 aliphatic carbocycles. The summed E-state index contributed by atoms with van der Waals surface area (Å²) in [5.74, 6) is 0.857. The molecule has 0 atom stereocenters. The van der Waals surface area contributed by atoms with E-state index in [9.17, 15) is 4.79 Å². The highest BCUT2D eigenvalue weighted by molar-refractivity contribution is 8.13. The lowest BCUT2D eigenvalue weighted by Crippen LogP contribution is -1.84. The minimum Gasteiger partial charge on any atom is -0.288 e. The van der Waals surface area contributed by atoms with Crippen LogP contribution in [-0.2, 0) is 4.79 Å². The Morgan fingerprint density at radius 3 is 2.63 bits per heavy atom. The van der Waals surface area contributed by atoms with E-state index in [-0.39, 0.29) is 5.12 Å². The monoisotopic (exact) mass is 270 g/mol. The van der Waals surface area contributed by atoms with Gasteiger partial charge in [-0.3, -0.25) is 4.79 Å². The van der Waals surface area contributed by atoms with Crippen molar-refractivity contribution in [2.45, 2.75) is 20.3 Å². The first-order valence-corrected chi connectivity index (χ1v) is 7.45. The smallest absolute Gasteiger partial charge is 0.185 e. The molecule has 0 radical (unpaired) electrons. The van der Waals surface area contributed by atoms with E-state index in [0.29, 0.717) is 0 Å². The van der Waals surface area contributed by atoms with Crippen molar-refractivity contribution in [1.29, 1.82) is 0 Å². The third-order valence-electron chi connectivity index (χ3n) is 3.06. The third-order valence-corrected chi connectivity index (χ3v) is 3.91. The van der Waals surface area contributed by atoms with Gasteiger partial charge in [-0.05, 0) is 35.2 Å². The minimum absolute atomic E-state index is 0.189. The van der Waals surface area contributed by atoms with Crippen molar-refractivity contribution < 1.29 is 4.79 Å². The van der Waals surface area contributed by atoms with Gasteiger partial charge in [0.1, 0.15) is 0 Å². The zero-order valence-corrected chi connectivity index (χ0v) is 12.2.